The van der Waals surface area contributed by atoms with Crippen LogP contribution in [0.1, 0.15) is 98.3 Å². The number of thiophene rings is 1. The van der Waals surface area contributed by atoms with E-state index in [1.54, 1.807) is 6.07 Å². The van der Waals surface area contributed by atoms with Gasteiger partial charge in [-0.15, -0.1) is 11.3 Å². The molecule has 2 aliphatic rings. The van der Waals surface area contributed by atoms with E-state index in [1.807, 2.05) is 47.4 Å². The Hall–Kier alpha value is -3.37. The van der Waals surface area contributed by atoms with E-state index in [2.05, 4.69) is 49.1 Å². The van der Waals surface area contributed by atoms with Crippen LogP contribution in [-0.2, 0) is 26.7 Å². The summed E-state index contributed by atoms with van der Waals surface area (Å²) in [6.07, 6.45) is 16.2. The first-order valence-corrected chi connectivity index (χ1v) is 19.0. The molecule has 2 amide bonds. The van der Waals surface area contributed by atoms with Gasteiger partial charge in [0.15, 0.2) is 5.82 Å². The van der Waals surface area contributed by atoms with Crippen molar-refractivity contribution in [1.82, 2.24) is 20.0 Å². The van der Waals surface area contributed by atoms with E-state index < -0.39 is 27.9 Å². The molecule has 0 radical (unpaired) electrons. The third-order valence-electron chi connectivity index (χ3n) is 9.33. The van der Waals surface area contributed by atoms with E-state index in [9.17, 15) is 18.0 Å². The number of nitrogens with zero attached hydrogens (tertiary/aromatic N) is 2. The molecule has 0 saturated heterocycles. The number of hydrogen-bond donors (Lipinski definition) is 2. The van der Waals surface area contributed by atoms with Crippen molar-refractivity contribution in [3.8, 4) is 11.4 Å². The molecule has 2 N–H and O–H groups in total. The van der Waals surface area contributed by atoms with Crippen LogP contribution in [0.2, 0.25) is 0 Å². The summed E-state index contributed by atoms with van der Waals surface area (Å²) in [7, 11) is -3.81. The maximum atomic E-state index is 13.1. The molecule has 46 heavy (non-hydrogen) atoms. The molecule has 2 aromatic heterocycles. The fraction of sp³-hybridized carbons (Fsp3) is 0.500. The molecule has 8 nitrogen and oxygen atoms in total. The Labute approximate surface area is 277 Å². The highest BCUT2D eigenvalue weighted by atomic mass is 32.2. The Morgan fingerprint density at radius 1 is 0.935 bits per heavy atom. The molecule has 1 saturated carbocycles. The first kappa shape index (κ1) is 34.0. The molecule has 1 unspecified atom stereocenters. The lowest BCUT2D eigenvalue weighted by Gasteiger charge is -2.34. The maximum Gasteiger partial charge on any atom is 0.262 e. The summed E-state index contributed by atoms with van der Waals surface area (Å²) in [5, 5.41) is 2.74. The number of aromatic nitrogens is 2. The SMILES string of the molecule is CC(C)(C)c1ccc(C(=O)N[C@@H](Cc2ccc(-c3ncc(C4=CCC([C@H]5CC[C@H](C)CC5)CC4)cn3)cc2)C(=O)NS(C)(=O)=O)s1. The van der Waals surface area contributed by atoms with Crippen molar-refractivity contribution < 1.29 is 18.0 Å². The van der Waals surface area contributed by atoms with Gasteiger partial charge in [-0.2, -0.15) is 0 Å². The lowest BCUT2D eigenvalue weighted by molar-refractivity contribution is -0.121. The van der Waals surface area contributed by atoms with Gasteiger partial charge in [-0.3, -0.25) is 14.3 Å². The van der Waals surface area contributed by atoms with Crippen LogP contribution in [0.25, 0.3) is 17.0 Å². The monoisotopic (exact) mass is 662 g/mol. The molecular weight excluding hydrogens is 617 g/mol. The Morgan fingerprint density at radius 2 is 1.61 bits per heavy atom. The molecule has 1 fully saturated rings. The van der Waals surface area contributed by atoms with Crippen molar-refractivity contribution in [2.75, 3.05) is 6.26 Å². The van der Waals surface area contributed by atoms with Crippen LogP contribution in [-0.4, -0.2) is 42.5 Å². The van der Waals surface area contributed by atoms with Gasteiger partial charge in [0.25, 0.3) is 11.8 Å². The van der Waals surface area contributed by atoms with Gasteiger partial charge in [0.2, 0.25) is 10.0 Å². The molecule has 2 heterocycles. The molecule has 246 valence electrons. The highest BCUT2D eigenvalue weighted by Gasteiger charge is 2.28. The van der Waals surface area contributed by atoms with Gasteiger partial charge in [0.1, 0.15) is 6.04 Å². The fourth-order valence-corrected chi connectivity index (χ4v) is 8.00. The predicted molar refractivity (Wildman–Crippen MR) is 185 cm³/mol. The van der Waals surface area contributed by atoms with Crippen molar-refractivity contribution in [2.45, 2.75) is 90.5 Å². The largest absolute Gasteiger partial charge is 0.339 e. The van der Waals surface area contributed by atoms with Crippen LogP contribution >= 0.6 is 11.3 Å². The van der Waals surface area contributed by atoms with E-state index in [0.29, 0.717) is 10.7 Å². The zero-order valence-corrected chi connectivity index (χ0v) is 29.1. The normalized spacial score (nSPS) is 21.2. The quantitative estimate of drug-likeness (QED) is 0.257. The smallest absolute Gasteiger partial charge is 0.262 e. The number of sulfonamides is 1. The number of hydrogen-bond acceptors (Lipinski definition) is 7. The van der Waals surface area contributed by atoms with Gasteiger partial charge in [-0.05, 0) is 78.5 Å². The van der Waals surface area contributed by atoms with E-state index in [4.69, 9.17) is 0 Å². The van der Waals surface area contributed by atoms with E-state index in [0.717, 1.165) is 58.4 Å². The Bertz CT molecular complexity index is 1660. The van der Waals surface area contributed by atoms with Gasteiger partial charge in [-0.1, -0.05) is 70.9 Å². The second-order valence-corrected chi connectivity index (χ2v) is 17.0. The average molecular weight is 663 g/mol. The van der Waals surface area contributed by atoms with Crippen molar-refractivity contribution in [2.24, 2.45) is 17.8 Å². The third kappa shape index (κ3) is 8.91. The first-order valence-electron chi connectivity index (χ1n) is 16.3. The maximum absolute atomic E-state index is 13.1. The molecule has 5 rings (SSSR count). The van der Waals surface area contributed by atoms with Crippen LogP contribution in [0.4, 0.5) is 0 Å². The highest BCUT2D eigenvalue weighted by Crippen LogP contribution is 2.41. The number of benzene rings is 1. The number of allylic oxidation sites excluding steroid dienone is 2. The lowest BCUT2D eigenvalue weighted by Crippen LogP contribution is -2.49. The van der Waals surface area contributed by atoms with Crippen LogP contribution in [0.15, 0.2) is 54.9 Å². The van der Waals surface area contributed by atoms with Gasteiger partial charge in [-0.25, -0.2) is 18.4 Å². The van der Waals surface area contributed by atoms with Gasteiger partial charge in [0.05, 0.1) is 11.1 Å². The molecule has 0 spiro atoms. The van der Waals surface area contributed by atoms with E-state index in [1.165, 1.54) is 49.0 Å². The Kier molecular flexibility index (Phi) is 10.5. The van der Waals surface area contributed by atoms with E-state index in [-0.39, 0.29) is 11.8 Å². The summed E-state index contributed by atoms with van der Waals surface area (Å²) < 4.78 is 25.7. The minimum Gasteiger partial charge on any atom is -0.339 e. The molecule has 2 aliphatic carbocycles. The second kappa shape index (κ2) is 14.2. The lowest BCUT2D eigenvalue weighted by atomic mass is 9.71. The van der Waals surface area contributed by atoms with Crippen molar-refractivity contribution in [3.05, 3.63) is 75.7 Å². The molecular formula is C36H46N4O4S2. The summed E-state index contributed by atoms with van der Waals surface area (Å²) in [6.45, 7) is 8.57. The van der Waals surface area contributed by atoms with Crippen molar-refractivity contribution in [1.29, 1.82) is 0 Å². The minimum atomic E-state index is -3.81. The standard InChI is InChI=1S/C36H46N4O4S2/c1-23-6-10-25(11-7-23)26-14-16-27(17-15-26)29-21-37-33(38-22-29)28-12-8-24(9-13-28)20-30(34(41)40-46(5,43)44)39-35(42)31-18-19-32(45-31)36(2,3)4/h8-9,12-13,16,18-19,21-23,25-26,30H,6-7,10-11,14-15,17,20H2,1-5H3,(H,39,42)(H,40,41)/t23-,25-,26?,30-/m0/s1. The van der Waals surface area contributed by atoms with Crippen molar-refractivity contribution in [3.63, 3.8) is 0 Å². The molecule has 1 aromatic carbocycles. The zero-order valence-electron chi connectivity index (χ0n) is 27.5. The molecule has 10 heteroatoms. The van der Waals surface area contributed by atoms with Crippen LogP contribution in [0, 0.1) is 17.8 Å². The number of carbonyl (C=O) groups excluding carboxylic acids is 2. The average Bonchev–Trinajstić information content (AvgIpc) is 3.53. The fourth-order valence-electron chi connectivity index (χ4n) is 6.53. The van der Waals surface area contributed by atoms with Gasteiger partial charge >= 0.3 is 0 Å². The third-order valence-corrected chi connectivity index (χ3v) is 11.4. The highest BCUT2D eigenvalue weighted by molar-refractivity contribution is 7.89. The summed E-state index contributed by atoms with van der Waals surface area (Å²) in [5.41, 5.74) is 3.87. The molecule has 2 atom stereocenters. The first-order chi connectivity index (χ1) is 21.7. The summed E-state index contributed by atoms with van der Waals surface area (Å²) in [4.78, 5) is 36.8. The van der Waals surface area contributed by atoms with E-state index >= 15 is 0 Å². The van der Waals surface area contributed by atoms with Gasteiger partial charge in [0, 0.05) is 34.8 Å². The minimum absolute atomic E-state index is 0.111. The summed E-state index contributed by atoms with van der Waals surface area (Å²) in [6, 6.07) is 9.98. The Balaban J connectivity index is 1.23. The number of amides is 2. The molecule has 3 aromatic rings. The number of carbonyl (C=O) groups is 2. The summed E-state index contributed by atoms with van der Waals surface area (Å²) in [5.74, 6) is 1.95. The zero-order chi connectivity index (χ0) is 33.1. The van der Waals surface area contributed by atoms with Crippen molar-refractivity contribution >= 4 is 38.7 Å². The Morgan fingerprint density at radius 3 is 2.17 bits per heavy atom. The predicted octanol–water partition coefficient (Wildman–Crippen LogP) is 6.93. The number of nitrogens with one attached hydrogen (secondary N) is 2. The second-order valence-electron chi connectivity index (χ2n) is 14.2. The topological polar surface area (TPSA) is 118 Å². The molecule has 0 bridgehead atoms. The van der Waals surface area contributed by atoms with Crippen LogP contribution in [0.5, 0.6) is 0 Å². The van der Waals surface area contributed by atoms with Crippen LogP contribution in [0.3, 0.4) is 0 Å². The summed E-state index contributed by atoms with van der Waals surface area (Å²) >= 11 is 1.36. The van der Waals surface area contributed by atoms with Gasteiger partial charge < -0.3 is 5.32 Å². The molecule has 0 aliphatic heterocycles. The number of rotatable bonds is 9. The van der Waals surface area contributed by atoms with Crippen LogP contribution < -0.4 is 10.0 Å².